The molecule has 8 heteroatoms. The number of sulfonamides is 1. The van der Waals surface area contributed by atoms with Gasteiger partial charge in [0.2, 0.25) is 11.0 Å². The topological polar surface area (TPSA) is 70.6 Å². The monoisotopic (exact) mass is 401 g/mol. The Morgan fingerprint density at radius 2 is 1.70 bits per heavy atom. The first-order valence-electron chi connectivity index (χ1n) is 8.77. The van der Waals surface area contributed by atoms with Crippen molar-refractivity contribution < 1.29 is 13.2 Å². The number of anilines is 1. The minimum absolute atomic E-state index is 0.151. The van der Waals surface area contributed by atoms with Crippen LogP contribution in [-0.4, -0.2) is 43.8 Å². The molecule has 1 fully saturated rings. The molecule has 0 radical (unpaired) electrons. The van der Waals surface area contributed by atoms with Crippen molar-refractivity contribution in [1.82, 2.24) is 9.88 Å². The minimum Gasteiger partial charge on any atom is -0.341 e. The van der Waals surface area contributed by atoms with Gasteiger partial charge in [-0.1, -0.05) is 41.7 Å². The molecule has 1 aliphatic heterocycles. The Balaban J connectivity index is 1.75. The number of thiazole rings is 1. The average molecular weight is 402 g/mol. The van der Waals surface area contributed by atoms with E-state index in [-0.39, 0.29) is 17.3 Å². The number of likely N-dealkylation sites (tertiary alicyclic amines) is 1. The molecule has 0 bridgehead atoms. The molecule has 4 rings (SSSR count). The lowest BCUT2D eigenvalue weighted by Crippen LogP contribution is -2.42. The fourth-order valence-corrected chi connectivity index (χ4v) is 5.69. The molecule has 140 valence electrons. The van der Waals surface area contributed by atoms with Gasteiger partial charge in [-0.3, -0.25) is 4.79 Å². The number of carbonyl (C=O) groups is 1. The molecule has 1 aliphatic rings. The molecule has 27 heavy (non-hydrogen) atoms. The van der Waals surface area contributed by atoms with E-state index in [1.807, 2.05) is 24.3 Å². The molecule has 2 aromatic carbocycles. The van der Waals surface area contributed by atoms with Crippen molar-refractivity contribution in [2.75, 3.05) is 23.9 Å². The number of para-hydroxylation sites is 1. The molecule has 3 aromatic rings. The van der Waals surface area contributed by atoms with Crippen molar-refractivity contribution in [3.63, 3.8) is 0 Å². The molecule has 1 amide bonds. The summed E-state index contributed by atoms with van der Waals surface area (Å²) < 4.78 is 28.6. The number of carbonyl (C=O) groups excluding carboxylic acids is 1. The van der Waals surface area contributed by atoms with Crippen LogP contribution in [0.2, 0.25) is 0 Å². The third-order valence-electron chi connectivity index (χ3n) is 4.56. The van der Waals surface area contributed by atoms with E-state index in [2.05, 4.69) is 4.98 Å². The molecule has 1 saturated heterocycles. The van der Waals surface area contributed by atoms with E-state index in [4.69, 9.17) is 0 Å². The van der Waals surface area contributed by atoms with Crippen LogP contribution in [-0.2, 0) is 14.8 Å². The Kier molecular flexibility index (Phi) is 4.84. The summed E-state index contributed by atoms with van der Waals surface area (Å²) in [6, 6.07) is 15.7. The van der Waals surface area contributed by atoms with Crippen LogP contribution in [0.1, 0.15) is 12.8 Å². The van der Waals surface area contributed by atoms with Gasteiger partial charge in [0.25, 0.3) is 10.0 Å². The van der Waals surface area contributed by atoms with Crippen LogP contribution >= 0.6 is 11.3 Å². The minimum atomic E-state index is -3.89. The second kappa shape index (κ2) is 7.28. The lowest BCUT2D eigenvalue weighted by atomic mass is 10.3. The van der Waals surface area contributed by atoms with Gasteiger partial charge in [0.15, 0.2) is 0 Å². The summed E-state index contributed by atoms with van der Waals surface area (Å²) in [5.74, 6) is -0.189. The zero-order chi connectivity index (χ0) is 18.9. The molecular formula is C19H19N3O3S2. The molecule has 0 unspecified atom stereocenters. The van der Waals surface area contributed by atoms with Crippen LogP contribution in [0.25, 0.3) is 10.2 Å². The molecule has 0 spiro atoms. The molecule has 6 nitrogen and oxygen atoms in total. The largest absolute Gasteiger partial charge is 0.341 e. The predicted molar refractivity (Wildman–Crippen MR) is 106 cm³/mol. The quantitative estimate of drug-likeness (QED) is 0.659. The molecule has 0 aliphatic carbocycles. The maximum Gasteiger partial charge on any atom is 0.266 e. The smallest absolute Gasteiger partial charge is 0.266 e. The van der Waals surface area contributed by atoms with Crippen LogP contribution in [0.3, 0.4) is 0 Å². The summed E-state index contributed by atoms with van der Waals surface area (Å²) >= 11 is 1.28. The van der Waals surface area contributed by atoms with E-state index in [1.165, 1.54) is 23.5 Å². The standard InChI is InChI=1S/C19H19N3O3S2/c23-18(21-12-6-7-13-21)14-22(27(24,25)15-8-2-1-3-9-15)19-20-16-10-4-5-11-17(16)26-19/h1-5,8-11H,6-7,12-14H2. The average Bonchev–Trinajstić information content (AvgIpc) is 3.36. The number of hydrogen-bond acceptors (Lipinski definition) is 5. The Hall–Kier alpha value is -2.45. The first-order valence-corrected chi connectivity index (χ1v) is 11.0. The molecule has 0 N–H and O–H groups in total. The van der Waals surface area contributed by atoms with E-state index in [1.54, 1.807) is 23.1 Å². The lowest BCUT2D eigenvalue weighted by Gasteiger charge is -2.24. The molecule has 0 atom stereocenters. The van der Waals surface area contributed by atoms with Crippen molar-refractivity contribution in [2.45, 2.75) is 17.7 Å². The van der Waals surface area contributed by atoms with E-state index in [0.717, 1.165) is 27.4 Å². The normalized spacial score (nSPS) is 14.6. The van der Waals surface area contributed by atoms with Gasteiger partial charge in [0.05, 0.1) is 15.1 Å². The summed E-state index contributed by atoms with van der Waals surface area (Å²) in [5, 5.41) is 0.313. The van der Waals surface area contributed by atoms with Gasteiger partial charge in [0, 0.05) is 13.1 Å². The highest BCUT2D eigenvalue weighted by Gasteiger charge is 2.31. The summed E-state index contributed by atoms with van der Waals surface area (Å²) in [7, 11) is -3.89. The zero-order valence-corrected chi connectivity index (χ0v) is 16.2. The van der Waals surface area contributed by atoms with Crippen molar-refractivity contribution in [1.29, 1.82) is 0 Å². The number of hydrogen-bond donors (Lipinski definition) is 0. The van der Waals surface area contributed by atoms with Crippen molar-refractivity contribution in [2.24, 2.45) is 0 Å². The van der Waals surface area contributed by atoms with Gasteiger partial charge in [-0.25, -0.2) is 17.7 Å². The maximum absolute atomic E-state index is 13.3. The van der Waals surface area contributed by atoms with E-state index < -0.39 is 10.0 Å². The number of rotatable bonds is 5. The highest BCUT2D eigenvalue weighted by atomic mass is 32.2. The van der Waals surface area contributed by atoms with Crippen molar-refractivity contribution in [3.8, 4) is 0 Å². The van der Waals surface area contributed by atoms with E-state index >= 15 is 0 Å². The fourth-order valence-electron chi connectivity index (χ4n) is 3.13. The van der Waals surface area contributed by atoms with Crippen LogP contribution in [0.15, 0.2) is 59.5 Å². The van der Waals surface area contributed by atoms with Gasteiger partial charge < -0.3 is 4.90 Å². The van der Waals surface area contributed by atoms with E-state index in [9.17, 15) is 13.2 Å². The summed E-state index contributed by atoms with van der Waals surface area (Å²) in [6.45, 7) is 1.12. The summed E-state index contributed by atoms with van der Waals surface area (Å²) in [5.41, 5.74) is 0.722. The van der Waals surface area contributed by atoms with Crippen molar-refractivity contribution >= 4 is 42.6 Å². The molecule has 1 aromatic heterocycles. The van der Waals surface area contributed by atoms with Crippen LogP contribution in [0.4, 0.5) is 5.13 Å². The lowest BCUT2D eigenvalue weighted by molar-refractivity contribution is -0.128. The highest BCUT2D eigenvalue weighted by molar-refractivity contribution is 7.93. The molecule has 2 heterocycles. The Morgan fingerprint density at radius 3 is 2.41 bits per heavy atom. The van der Waals surface area contributed by atoms with Gasteiger partial charge in [0.1, 0.15) is 6.54 Å². The number of nitrogens with zero attached hydrogens (tertiary/aromatic N) is 3. The second-order valence-electron chi connectivity index (χ2n) is 6.38. The van der Waals surface area contributed by atoms with Gasteiger partial charge >= 0.3 is 0 Å². The highest BCUT2D eigenvalue weighted by Crippen LogP contribution is 2.32. The maximum atomic E-state index is 13.3. The first kappa shape index (κ1) is 17.9. The third kappa shape index (κ3) is 3.54. The van der Waals surface area contributed by atoms with Crippen LogP contribution < -0.4 is 4.31 Å². The van der Waals surface area contributed by atoms with Gasteiger partial charge in [-0.05, 0) is 37.1 Å². The van der Waals surface area contributed by atoms with Crippen LogP contribution in [0, 0.1) is 0 Å². The van der Waals surface area contributed by atoms with Gasteiger partial charge in [-0.15, -0.1) is 0 Å². The number of fused-ring (bicyclic) bond motifs is 1. The van der Waals surface area contributed by atoms with Crippen LogP contribution in [0.5, 0.6) is 0 Å². The van der Waals surface area contributed by atoms with Crippen molar-refractivity contribution in [3.05, 3.63) is 54.6 Å². The number of amides is 1. The van der Waals surface area contributed by atoms with E-state index in [0.29, 0.717) is 18.2 Å². The third-order valence-corrected chi connectivity index (χ3v) is 7.49. The number of aromatic nitrogens is 1. The number of benzene rings is 2. The zero-order valence-electron chi connectivity index (χ0n) is 14.6. The summed E-state index contributed by atoms with van der Waals surface area (Å²) in [4.78, 5) is 19.1. The summed E-state index contributed by atoms with van der Waals surface area (Å²) in [6.07, 6.45) is 1.91. The first-order chi connectivity index (χ1) is 13.1. The Morgan fingerprint density at radius 1 is 1.04 bits per heavy atom. The molecule has 0 saturated carbocycles. The predicted octanol–water partition coefficient (Wildman–Crippen LogP) is 3.11. The second-order valence-corrected chi connectivity index (χ2v) is 9.25. The van der Waals surface area contributed by atoms with Gasteiger partial charge in [-0.2, -0.15) is 0 Å². The molecular weight excluding hydrogens is 382 g/mol. The SMILES string of the molecule is O=C(CN(c1nc2ccccc2s1)S(=O)(=O)c1ccccc1)N1CCCC1. The Labute approximate surface area is 162 Å². The fraction of sp³-hybridized carbons (Fsp3) is 0.263. The Bertz CT molecular complexity index is 1030.